The molecule has 0 radical (unpaired) electrons. The van der Waals surface area contributed by atoms with E-state index in [1.54, 1.807) is 14.0 Å². The number of carboxylic acid groups (broad SMARTS) is 1. The molecule has 0 bridgehead atoms. The van der Waals surface area contributed by atoms with Gasteiger partial charge in [-0.25, -0.2) is 9.37 Å². The predicted molar refractivity (Wildman–Crippen MR) is 133 cm³/mol. The smallest absolute Gasteiger partial charge is 0.304 e. The summed E-state index contributed by atoms with van der Waals surface area (Å²) in [7, 11) is 1.57. The first-order valence-corrected chi connectivity index (χ1v) is 12.5. The number of alkyl halides is 1. The van der Waals surface area contributed by atoms with Crippen molar-refractivity contribution in [3.63, 3.8) is 0 Å². The number of ether oxygens (including phenoxy) is 2. The summed E-state index contributed by atoms with van der Waals surface area (Å²) in [5, 5.41) is 12.9. The van der Waals surface area contributed by atoms with Crippen LogP contribution in [0.5, 0.6) is 5.75 Å². The van der Waals surface area contributed by atoms with E-state index >= 15 is 4.39 Å². The van der Waals surface area contributed by atoms with Gasteiger partial charge in [-0.2, -0.15) is 0 Å². The van der Waals surface area contributed by atoms with Crippen molar-refractivity contribution in [3.05, 3.63) is 53.2 Å². The molecule has 1 saturated heterocycles. The van der Waals surface area contributed by atoms with Crippen molar-refractivity contribution < 1.29 is 23.8 Å². The van der Waals surface area contributed by atoms with Gasteiger partial charge in [-0.3, -0.25) is 9.69 Å². The molecule has 0 spiro atoms. The maximum atomic E-state index is 15.7. The fourth-order valence-electron chi connectivity index (χ4n) is 5.03. The number of fused-ring (bicyclic) bond motifs is 1. The van der Waals surface area contributed by atoms with Crippen LogP contribution in [0.3, 0.4) is 0 Å². The number of nitrogens with one attached hydrogen (secondary N) is 1. The second-order valence-corrected chi connectivity index (χ2v) is 9.77. The molecular weight excluding hydrogens is 449 g/mol. The number of carbonyl (C=O) groups is 1. The van der Waals surface area contributed by atoms with Gasteiger partial charge in [0.15, 0.2) is 6.29 Å². The third-order valence-corrected chi connectivity index (χ3v) is 7.03. The molecule has 2 aliphatic heterocycles. The highest BCUT2D eigenvalue weighted by Crippen LogP contribution is 2.33. The molecule has 2 N–H and O–H groups in total. The zero-order valence-electron chi connectivity index (χ0n) is 20.6. The number of carboxylic acids is 1. The Morgan fingerprint density at radius 1 is 1.34 bits per heavy atom. The van der Waals surface area contributed by atoms with Gasteiger partial charge in [0.05, 0.1) is 6.42 Å². The normalized spacial score (nSPS) is 21.7. The van der Waals surface area contributed by atoms with Gasteiger partial charge in [-0.15, -0.1) is 0 Å². The summed E-state index contributed by atoms with van der Waals surface area (Å²) in [6.45, 7) is 4.14. The summed E-state index contributed by atoms with van der Waals surface area (Å²) >= 11 is 0. The van der Waals surface area contributed by atoms with E-state index in [2.05, 4.69) is 16.3 Å². The third-order valence-electron chi connectivity index (χ3n) is 7.03. The van der Waals surface area contributed by atoms with Gasteiger partial charge in [0.25, 0.3) is 0 Å². The lowest BCUT2D eigenvalue weighted by atomic mass is 9.94. The summed E-state index contributed by atoms with van der Waals surface area (Å²) in [5.41, 5.74) is 1.73. The van der Waals surface area contributed by atoms with E-state index in [-0.39, 0.29) is 12.3 Å². The molecule has 1 fully saturated rings. The van der Waals surface area contributed by atoms with Crippen molar-refractivity contribution in [1.29, 1.82) is 0 Å². The predicted octanol–water partition coefficient (Wildman–Crippen LogP) is 4.42. The third kappa shape index (κ3) is 6.92. The zero-order valence-corrected chi connectivity index (χ0v) is 20.6. The minimum Gasteiger partial charge on any atom is -0.481 e. The maximum absolute atomic E-state index is 15.7. The Bertz CT molecular complexity index is 1020. The van der Waals surface area contributed by atoms with Crippen LogP contribution in [0.1, 0.15) is 55.3 Å². The average Bonchev–Trinajstić information content (AvgIpc) is 3.22. The minimum atomic E-state index is -1.29. The molecule has 1 aromatic carbocycles. The summed E-state index contributed by atoms with van der Waals surface area (Å²) < 4.78 is 26.6. The Hall–Kier alpha value is -2.71. The van der Waals surface area contributed by atoms with Crippen molar-refractivity contribution in [2.24, 2.45) is 0 Å². The lowest BCUT2D eigenvalue weighted by molar-refractivity contribution is -0.137. The first kappa shape index (κ1) is 25.4. The Balaban J connectivity index is 1.37. The number of pyridine rings is 1. The summed E-state index contributed by atoms with van der Waals surface area (Å²) in [6, 6.07) is 11.6. The molecule has 1 aromatic heterocycles. The van der Waals surface area contributed by atoms with E-state index in [1.807, 2.05) is 30.3 Å². The molecule has 2 aliphatic rings. The number of halogens is 1. The number of anilines is 1. The van der Waals surface area contributed by atoms with Crippen LogP contribution in [0.15, 0.2) is 36.4 Å². The highest BCUT2D eigenvalue weighted by atomic mass is 19.1. The topological polar surface area (TPSA) is 83.9 Å². The van der Waals surface area contributed by atoms with Crippen LogP contribution >= 0.6 is 0 Å². The Labute approximate surface area is 206 Å². The number of aryl methyl sites for hydroxylation is 2. The van der Waals surface area contributed by atoms with Gasteiger partial charge in [0.1, 0.15) is 17.2 Å². The van der Waals surface area contributed by atoms with E-state index in [4.69, 9.17) is 14.5 Å². The fraction of sp³-hybridized carbons (Fsp3) is 0.556. The number of hydrogen-bond donors (Lipinski definition) is 2. The monoisotopic (exact) mass is 485 g/mol. The number of benzene rings is 1. The van der Waals surface area contributed by atoms with Crippen molar-refractivity contribution >= 4 is 11.8 Å². The van der Waals surface area contributed by atoms with Crippen LogP contribution in [0.4, 0.5) is 10.2 Å². The highest BCUT2D eigenvalue weighted by Gasteiger charge is 2.39. The second kappa shape index (κ2) is 11.4. The van der Waals surface area contributed by atoms with Gasteiger partial charge in [-0.1, -0.05) is 18.2 Å². The largest absolute Gasteiger partial charge is 0.481 e. The van der Waals surface area contributed by atoms with Gasteiger partial charge in [0.2, 0.25) is 0 Å². The summed E-state index contributed by atoms with van der Waals surface area (Å²) in [5.74, 6) is 0.437. The van der Waals surface area contributed by atoms with Crippen LogP contribution < -0.4 is 10.1 Å². The molecule has 4 rings (SSSR count). The number of rotatable bonds is 11. The Morgan fingerprint density at radius 2 is 2.20 bits per heavy atom. The molecule has 190 valence electrons. The lowest BCUT2D eigenvalue weighted by Gasteiger charge is -2.25. The Morgan fingerprint density at radius 3 is 3.00 bits per heavy atom. The molecular formula is C27H36FN3O4. The number of likely N-dealkylation sites (tertiary alicyclic amines) is 1. The fourth-order valence-corrected chi connectivity index (χ4v) is 5.03. The van der Waals surface area contributed by atoms with Crippen LogP contribution in [0.2, 0.25) is 0 Å². The number of aliphatic carboxylic acids is 1. The highest BCUT2D eigenvalue weighted by molar-refractivity contribution is 5.68. The summed E-state index contributed by atoms with van der Waals surface area (Å²) in [4.78, 5) is 18.4. The van der Waals surface area contributed by atoms with Crippen LogP contribution in [-0.2, 0) is 22.4 Å². The summed E-state index contributed by atoms with van der Waals surface area (Å²) in [6.07, 6.45) is 3.18. The molecule has 35 heavy (non-hydrogen) atoms. The Kier molecular flexibility index (Phi) is 8.23. The minimum absolute atomic E-state index is 0.0227. The van der Waals surface area contributed by atoms with Crippen molar-refractivity contribution in [2.75, 3.05) is 38.6 Å². The van der Waals surface area contributed by atoms with Crippen molar-refractivity contribution in [3.8, 4) is 5.75 Å². The van der Waals surface area contributed by atoms with Gasteiger partial charge < -0.3 is 19.9 Å². The van der Waals surface area contributed by atoms with E-state index < -0.39 is 17.9 Å². The number of methoxy groups -OCH3 is 1. The van der Waals surface area contributed by atoms with E-state index in [0.717, 1.165) is 36.5 Å². The van der Waals surface area contributed by atoms with Gasteiger partial charge in [0, 0.05) is 44.9 Å². The first-order chi connectivity index (χ1) is 16.8. The van der Waals surface area contributed by atoms with Crippen LogP contribution in [0, 0.1) is 0 Å². The standard InChI is InChI=1S/C27H36FN3O4/c1-19(34-2)35-24-7-3-5-21(15-24)22(16-25(32)33)17-31-14-12-27(28,18-31)11-10-23-9-8-20-6-4-13-29-26(20)30-23/h3,5,7-9,15,19,22H,4,6,10-14,16-18H2,1-2H3,(H,29,30)(H,32,33)/t19?,22-,27+/m1/s1. The maximum Gasteiger partial charge on any atom is 0.304 e. The molecule has 0 amide bonds. The zero-order chi connectivity index (χ0) is 24.8. The molecule has 2 aromatic rings. The van der Waals surface area contributed by atoms with Crippen molar-refractivity contribution in [2.45, 2.75) is 63.3 Å². The van der Waals surface area contributed by atoms with Crippen LogP contribution in [-0.4, -0.2) is 66.2 Å². The van der Waals surface area contributed by atoms with Crippen LogP contribution in [0.25, 0.3) is 0 Å². The lowest BCUT2D eigenvalue weighted by Crippen LogP contribution is -2.32. The van der Waals surface area contributed by atoms with E-state index in [0.29, 0.717) is 44.6 Å². The van der Waals surface area contributed by atoms with E-state index in [1.165, 1.54) is 5.56 Å². The molecule has 0 saturated carbocycles. The van der Waals surface area contributed by atoms with Gasteiger partial charge >= 0.3 is 5.97 Å². The molecule has 3 atom stereocenters. The quantitative estimate of drug-likeness (QED) is 0.456. The second-order valence-electron chi connectivity index (χ2n) is 9.77. The molecule has 0 aliphatic carbocycles. The molecule has 1 unspecified atom stereocenters. The molecule has 7 nitrogen and oxygen atoms in total. The number of aromatic nitrogens is 1. The van der Waals surface area contributed by atoms with E-state index in [9.17, 15) is 9.90 Å². The molecule has 3 heterocycles. The average molecular weight is 486 g/mol. The van der Waals surface area contributed by atoms with Crippen molar-refractivity contribution in [1.82, 2.24) is 9.88 Å². The molecule has 8 heteroatoms. The first-order valence-electron chi connectivity index (χ1n) is 12.5. The SMILES string of the molecule is COC(C)Oc1cccc([C@H](CC(=O)O)CN2CC[C@@](F)(CCc3ccc4c(n3)NCCC4)C2)c1. The van der Waals surface area contributed by atoms with Gasteiger partial charge in [-0.05, 0) is 68.4 Å². The number of nitrogens with zero attached hydrogens (tertiary/aromatic N) is 2. The number of hydrogen-bond acceptors (Lipinski definition) is 6.